The quantitative estimate of drug-likeness (QED) is 0.891. The van der Waals surface area contributed by atoms with Gasteiger partial charge in [-0.2, -0.15) is 0 Å². The van der Waals surface area contributed by atoms with Crippen molar-refractivity contribution in [2.75, 3.05) is 6.54 Å². The van der Waals surface area contributed by atoms with E-state index in [2.05, 4.69) is 18.1 Å². The van der Waals surface area contributed by atoms with E-state index in [1.165, 1.54) is 54.8 Å². The maximum absolute atomic E-state index is 6.10. The number of rotatable bonds is 3. The second-order valence-corrected chi connectivity index (χ2v) is 6.81. The summed E-state index contributed by atoms with van der Waals surface area (Å²) in [4.78, 5) is 5.79. The zero-order valence-electron chi connectivity index (χ0n) is 10.9. The molecule has 17 heavy (non-hydrogen) atoms. The highest BCUT2D eigenvalue weighted by molar-refractivity contribution is 7.11. The molecule has 1 fully saturated rings. The van der Waals surface area contributed by atoms with E-state index < -0.39 is 0 Å². The molecule has 0 amide bonds. The molecule has 0 aromatic carbocycles. The van der Waals surface area contributed by atoms with Crippen LogP contribution in [0.4, 0.5) is 0 Å². The van der Waals surface area contributed by atoms with Crippen molar-refractivity contribution in [1.82, 2.24) is 4.98 Å². The van der Waals surface area contributed by atoms with Crippen molar-refractivity contribution >= 4 is 11.3 Å². The van der Waals surface area contributed by atoms with Gasteiger partial charge in [-0.25, -0.2) is 4.98 Å². The molecule has 2 N–H and O–H groups in total. The molecule has 0 saturated heterocycles. The second kappa shape index (κ2) is 5.96. The average molecular weight is 252 g/mol. The minimum Gasteiger partial charge on any atom is -0.330 e. The van der Waals surface area contributed by atoms with Gasteiger partial charge in [0.2, 0.25) is 0 Å². The lowest BCUT2D eigenvalue weighted by Crippen LogP contribution is -2.33. The highest BCUT2D eigenvalue weighted by Gasteiger charge is 2.29. The average Bonchev–Trinajstić information content (AvgIpc) is 2.68. The van der Waals surface area contributed by atoms with Crippen molar-refractivity contribution < 1.29 is 0 Å². The first kappa shape index (κ1) is 13.0. The molecule has 0 radical (unpaired) electrons. The van der Waals surface area contributed by atoms with E-state index in [9.17, 15) is 0 Å². The summed E-state index contributed by atoms with van der Waals surface area (Å²) in [5.41, 5.74) is 6.46. The van der Waals surface area contributed by atoms with Gasteiger partial charge < -0.3 is 5.73 Å². The Kier molecular flexibility index (Phi) is 4.57. The van der Waals surface area contributed by atoms with Gasteiger partial charge in [0.05, 0.1) is 5.01 Å². The largest absolute Gasteiger partial charge is 0.330 e. The summed E-state index contributed by atoms with van der Waals surface area (Å²) in [6.07, 6.45) is 12.7. The Morgan fingerprint density at radius 1 is 1.24 bits per heavy atom. The molecule has 3 heteroatoms. The monoisotopic (exact) mass is 252 g/mol. The van der Waals surface area contributed by atoms with E-state index in [1.54, 1.807) is 0 Å². The number of nitrogens with zero attached hydrogens (tertiary/aromatic N) is 1. The maximum Gasteiger partial charge on any atom is 0.0896 e. The van der Waals surface area contributed by atoms with Crippen LogP contribution in [0.2, 0.25) is 0 Å². The number of aryl methyl sites for hydroxylation is 1. The van der Waals surface area contributed by atoms with Crippen molar-refractivity contribution in [2.45, 2.75) is 58.3 Å². The molecule has 1 aromatic rings. The van der Waals surface area contributed by atoms with Crippen molar-refractivity contribution in [2.24, 2.45) is 11.1 Å². The van der Waals surface area contributed by atoms with E-state index >= 15 is 0 Å². The summed E-state index contributed by atoms with van der Waals surface area (Å²) in [5.74, 6) is 0. The fourth-order valence-corrected chi connectivity index (χ4v) is 3.93. The Bertz CT molecular complexity index is 338. The van der Waals surface area contributed by atoms with Crippen LogP contribution in [-0.2, 0) is 6.42 Å². The predicted octanol–water partition coefficient (Wildman–Crippen LogP) is 3.68. The minimum absolute atomic E-state index is 0.361. The van der Waals surface area contributed by atoms with E-state index in [-0.39, 0.29) is 0 Å². The van der Waals surface area contributed by atoms with Crippen LogP contribution in [-0.4, -0.2) is 11.5 Å². The molecule has 1 saturated carbocycles. The first-order valence-electron chi connectivity index (χ1n) is 6.85. The first-order chi connectivity index (χ1) is 8.24. The first-order valence-corrected chi connectivity index (χ1v) is 7.67. The van der Waals surface area contributed by atoms with Crippen LogP contribution in [0, 0.1) is 12.3 Å². The SMILES string of the molecule is Cc1ncc(CC2(CN)CCCCCCC2)s1. The van der Waals surface area contributed by atoms with E-state index in [1.807, 2.05) is 11.3 Å². The van der Waals surface area contributed by atoms with Gasteiger partial charge in [-0.05, 0) is 38.1 Å². The van der Waals surface area contributed by atoms with Crippen molar-refractivity contribution in [3.63, 3.8) is 0 Å². The van der Waals surface area contributed by atoms with Gasteiger partial charge in [0, 0.05) is 11.1 Å². The van der Waals surface area contributed by atoms with Crippen LogP contribution in [0.5, 0.6) is 0 Å². The van der Waals surface area contributed by atoms with Gasteiger partial charge in [-0.3, -0.25) is 0 Å². The Hall–Kier alpha value is -0.410. The molecule has 2 rings (SSSR count). The number of thiazole rings is 1. The minimum atomic E-state index is 0.361. The number of hydrogen-bond donors (Lipinski definition) is 1. The normalized spacial score (nSPS) is 20.8. The summed E-state index contributed by atoms with van der Waals surface area (Å²) in [7, 11) is 0. The lowest BCUT2D eigenvalue weighted by atomic mass is 9.73. The summed E-state index contributed by atoms with van der Waals surface area (Å²) < 4.78 is 0. The topological polar surface area (TPSA) is 38.9 Å². The molecule has 0 bridgehead atoms. The van der Waals surface area contributed by atoms with Gasteiger partial charge >= 0.3 is 0 Å². The molecule has 0 spiro atoms. The number of aromatic nitrogens is 1. The molecule has 0 unspecified atom stereocenters. The third-order valence-corrected chi connectivity index (χ3v) is 4.98. The summed E-state index contributed by atoms with van der Waals surface area (Å²) in [6.45, 7) is 2.92. The molecular formula is C14H24N2S. The Balaban J connectivity index is 2.05. The van der Waals surface area contributed by atoms with Crippen molar-refractivity contribution in [3.05, 3.63) is 16.1 Å². The van der Waals surface area contributed by atoms with E-state index in [0.717, 1.165) is 13.0 Å². The Morgan fingerprint density at radius 2 is 1.88 bits per heavy atom. The van der Waals surface area contributed by atoms with Crippen molar-refractivity contribution in [3.8, 4) is 0 Å². The van der Waals surface area contributed by atoms with Crippen LogP contribution in [0.1, 0.15) is 54.8 Å². The number of hydrogen-bond acceptors (Lipinski definition) is 3. The Morgan fingerprint density at radius 3 is 2.41 bits per heavy atom. The molecular weight excluding hydrogens is 228 g/mol. The molecule has 2 nitrogen and oxygen atoms in total. The smallest absolute Gasteiger partial charge is 0.0896 e. The zero-order valence-corrected chi connectivity index (χ0v) is 11.7. The third-order valence-electron chi connectivity index (χ3n) is 4.07. The molecule has 0 atom stereocenters. The van der Waals surface area contributed by atoms with Crippen molar-refractivity contribution in [1.29, 1.82) is 0 Å². The highest BCUT2D eigenvalue weighted by Crippen LogP contribution is 2.37. The summed E-state index contributed by atoms with van der Waals surface area (Å²) in [5, 5.41) is 1.18. The molecule has 0 aliphatic heterocycles. The maximum atomic E-state index is 6.10. The fourth-order valence-electron chi connectivity index (χ4n) is 2.97. The number of nitrogens with two attached hydrogens (primary N) is 1. The van der Waals surface area contributed by atoms with E-state index in [0.29, 0.717) is 5.41 Å². The standard InChI is InChI=1S/C14H24N2S/c1-12-16-10-13(17-12)9-14(11-15)7-5-3-2-4-6-8-14/h10H,2-9,11,15H2,1H3. The van der Waals surface area contributed by atoms with Crippen LogP contribution in [0.25, 0.3) is 0 Å². The molecule has 1 aliphatic carbocycles. The molecule has 96 valence electrons. The zero-order chi connectivity index (χ0) is 12.1. The lowest BCUT2D eigenvalue weighted by Gasteiger charge is -2.34. The van der Waals surface area contributed by atoms with E-state index in [4.69, 9.17) is 5.73 Å². The van der Waals surface area contributed by atoms with Gasteiger partial charge in [0.15, 0.2) is 0 Å². The third kappa shape index (κ3) is 3.52. The summed E-state index contributed by atoms with van der Waals surface area (Å²) in [6, 6.07) is 0. The second-order valence-electron chi connectivity index (χ2n) is 5.49. The fraction of sp³-hybridized carbons (Fsp3) is 0.786. The van der Waals surface area contributed by atoms with Gasteiger partial charge in [-0.1, -0.05) is 32.1 Å². The van der Waals surface area contributed by atoms with Crippen LogP contribution in [0.15, 0.2) is 6.20 Å². The molecule has 1 heterocycles. The summed E-state index contributed by atoms with van der Waals surface area (Å²) >= 11 is 1.84. The van der Waals surface area contributed by atoms with Gasteiger partial charge in [0.25, 0.3) is 0 Å². The highest BCUT2D eigenvalue weighted by atomic mass is 32.1. The lowest BCUT2D eigenvalue weighted by molar-refractivity contribution is 0.218. The van der Waals surface area contributed by atoms with Gasteiger partial charge in [-0.15, -0.1) is 11.3 Å². The molecule has 1 aliphatic rings. The Labute approximate surface area is 109 Å². The van der Waals surface area contributed by atoms with Crippen LogP contribution < -0.4 is 5.73 Å². The predicted molar refractivity (Wildman–Crippen MR) is 74.4 cm³/mol. The van der Waals surface area contributed by atoms with Crippen LogP contribution >= 0.6 is 11.3 Å². The van der Waals surface area contributed by atoms with Gasteiger partial charge in [0.1, 0.15) is 0 Å². The van der Waals surface area contributed by atoms with Crippen LogP contribution in [0.3, 0.4) is 0 Å². The molecule has 1 aromatic heterocycles.